The van der Waals surface area contributed by atoms with Crippen LogP contribution in [0.25, 0.3) is 22.2 Å². The van der Waals surface area contributed by atoms with Gasteiger partial charge in [-0.1, -0.05) is 46.9 Å². The minimum Gasteiger partial charge on any atom is -0.354 e. The molecule has 20 heavy (non-hydrogen) atoms. The van der Waals surface area contributed by atoms with Crippen molar-refractivity contribution in [3.8, 4) is 11.3 Å². The summed E-state index contributed by atoms with van der Waals surface area (Å²) in [5.74, 6) is 0. The summed E-state index contributed by atoms with van der Waals surface area (Å²) in [4.78, 5) is 14.6. The number of H-pyrrole nitrogens is 1. The van der Waals surface area contributed by atoms with Crippen LogP contribution in [0.15, 0.2) is 36.4 Å². The van der Waals surface area contributed by atoms with E-state index in [0.717, 1.165) is 17.4 Å². The van der Waals surface area contributed by atoms with Crippen molar-refractivity contribution in [2.75, 3.05) is 0 Å². The Morgan fingerprint density at radius 1 is 0.950 bits per heavy atom. The summed E-state index contributed by atoms with van der Waals surface area (Å²) in [7, 11) is 0. The van der Waals surface area contributed by atoms with Gasteiger partial charge in [-0.3, -0.25) is 4.79 Å². The van der Waals surface area contributed by atoms with Crippen LogP contribution in [0.5, 0.6) is 0 Å². The SMILES string of the molecule is O=Cc1c(-c2ccc(Cl)cc2)[nH]c2cc(Cl)cc(Cl)c12. The Hall–Kier alpha value is -1.48. The average molecular weight is 325 g/mol. The highest BCUT2D eigenvalue weighted by Gasteiger charge is 2.15. The van der Waals surface area contributed by atoms with Crippen molar-refractivity contribution in [2.24, 2.45) is 0 Å². The highest BCUT2D eigenvalue weighted by molar-refractivity contribution is 6.39. The first-order chi connectivity index (χ1) is 9.60. The number of hydrogen-bond donors (Lipinski definition) is 1. The quantitative estimate of drug-likeness (QED) is 0.611. The largest absolute Gasteiger partial charge is 0.354 e. The third-order valence-electron chi connectivity index (χ3n) is 3.10. The Bertz CT molecular complexity index is 806. The number of fused-ring (bicyclic) bond motifs is 1. The summed E-state index contributed by atoms with van der Waals surface area (Å²) >= 11 is 18.1. The number of carbonyl (C=O) groups excluding carboxylic acids is 1. The van der Waals surface area contributed by atoms with Crippen LogP contribution in [0, 0.1) is 0 Å². The number of hydrogen-bond acceptors (Lipinski definition) is 1. The van der Waals surface area contributed by atoms with Crippen LogP contribution in [0.3, 0.4) is 0 Å². The fraction of sp³-hybridized carbons (Fsp3) is 0. The molecule has 0 bridgehead atoms. The Labute approximate surface area is 130 Å². The van der Waals surface area contributed by atoms with Crippen molar-refractivity contribution in [1.82, 2.24) is 4.98 Å². The van der Waals surface area contributed by atoms with Crippen LogP contribution in [0.4, 0.5) is 0 Å². The lowest BCUT2D eigenvalue weighted by molar-refractivity contribution is 0.112. The number of nitrogens with one attached hydrogen (secondary N) is 1. The molecule has 0 fully saturated rings. The monoisotopic (exact) mass is 323 g/mol. The summed E-state index contributed by atoms with van der Waals surface area (Å²) in [6.45, 7) is 0. The molecule has 0 aliphatic carbocycles. The van der Waals surface area contributed by atoms with Gasteiger partial charge in [0.15, 0.2) is 6.29 Å². The van der Waals surface area contributed by atoms with E-state index in [0.29, 0.717) is 31.7 Å². The molecule has 0 spiro atoms. The normalized spacial score (nSPS) is 10.9. The number of aromatic amines is 1. The first kappa shape index (κ1) is 13.5. The molecule has 1 N–H and O–H groups in total. The number of halogens is 3. The molecule has 0 aliphatic rings. The van der Waals surface area contributed by atoms with Crippen molar-refractivity contribution in [3.05, 3.63) is 57.0 Å². The predicted molar refractivity (Wildman–Crippen MR) is 84.2 cm³/mol. The molecular formula is C15H8Cl3NO. The zero-order valence-electron chi connectivity index (χ0n) is 10.1. The van der Waals surface area contributed by atoms with Gasteiger partial charge in [-0.25, -0.2) is 0 Å². The molecule has 0 unspecified atom stereocenters. The van der Waals surface area contributed by atoms with Gasteiger partial charge in [0.25, 0.3) is 0 Å². The molecule has 0 radical (unpaired) electrons. The zero-order chi connectivity index (χ0) is 14.3. The lowest BCUT2D eigenvalue weighted by Crippen LogP contribution is -1.84. The van der Waals surface area contributed by atoms with Crippen molar-refractivity contribution in [1.29, 1.82) is 0 Å². The maximum Gasteiger partial charge on any atom is 0.152 e. The molecule has 0 amide bonds. The van der Waals surface area contributed by atoms with Gasteiger partial charge in [-0.05, 0) is 29.8 Å². The molecule has 0 saturated heterocycles. The third kappa shape index (κ3) is 2.20. The molecule has 3 aromatic rings. The molecule has 5 heteroatoms. The van der Waals surface area contributed by atoms with E-state index < -0.39 is 0 Å². The van der Waals surface area contributed by atoms with Crippen molar-refractivity contribution < 1.29 is 4.79 Å². The Balaban J connectivity index is 2.33. The van der Waals surface area contributed by atoms with Crippen molar-refractivity contribution >= 4 is 52.0 Å². The summed E-state index contributed by atoms with van der Waals surface area (Å²) in [5, 5.41) is 2.28. The lowest BCUT2D eigenvalue weighted by Gasteiger charge is -2.00. The van der Waals surface area contributed by atoms with Crippen LogP contribution >= 0.6 is 34.8 Å². The van der Waals surface area contributed by atoms with Crippen LogP contribution in [0.1, 0.15) is 10.4 Å². The highest BCUT2D eigenvalue weighted by atomic mass is 35.5. The van der Waals surface area contributed by atoms with E-state index in [9.17, 15) is 4.79 Å². The van der Waals surface area contributed by atoms with E-state index in [1.54, 1.807) is 24.3 Å². The van der Waals surface area contributed by atoms with E-state index in [-0.39, 0.29) is 0 Å². The number of rotatable bonds is 2. The average Bonchev–Trinajstić information content (AvgIpc) is 2.78. The molecule has 1 heterocycles. The fourth-order valence-electron chi connectivity index (χ4n) is 2.24. The fourth-order valence-corrected chi connectivity index (χ4v) is 2.96. The molecule has 0 aliphatic heterocycles. The molecule has 0 atom stereocenters. The number of aromatic nitrogens is 1. The molecule has 2 nitrogen and oxygen atoms in total. The van der Waals surface area contributed by atoms with Crippen molar-refractivity contribution in [3.63, 3.8) is 0 Å². The van der Waals surface area contributed by atoms with Crippen molar-refractivity contribution in [2.45, 2.75) is 0 Å². The summed E-state index contributed by atoms with van der Waals surface area (Å²) < 4.78 is 0. The molecule has 3 rings (SSSR count). The number of carbonyl (C=O) groups is 1. The molecule has 100 valence electrons. The molecular weight excluding hydrogens is 317 g/mol. The van der Waals surface area contributed by atoms with E-state index >= 15 is 0 Å². The molecule has 0 saturated carbocycles. The van der Waals surface area contributed by atoms with Crippen LogP contribution in [-0.4, -0.2) is 11.3 Å². The Morgan fingerprint density at radius 3 is 2.30 bits per heavy atom. The van der Waals surface area contributed by atoms with Crippen LogP contribution in [0.2, 0.25) is 15.1 Å². The van der Waals surface area contributed by atoms with Gasteiger partial charge < -0.3 is 4.98 Å². The summed E-state index contributed by atoms with van der Waals surface area (Å²) in [6, 6.07) is 10.6. The Morgan fingerprint density at radius 2 is 1.65 bits per heavy atom. The minimum absolute atomic E-state index is 0.450. The van der Waals surface area contributed by atoms with E-state index in [1.807, 2.05) is 12.1 Å². The zero-order valence-corrected chi connectivity index (χ0v) is 12.4. The lowest BCUT2D eigenvalue weighted by atomic mass is 10.1. The van der Waals surface area contributed by atoms with Gasteiger partial charge >= 0.3 is 0 Å². The van der Waals surface area contributed by atoms with Crippen LogP contribution < -0.4 is 0 Å². The van der Waals surface area contributed by atoms with Gasteiger partial charge in [-0.15, -0.1) is 0 Å². The first-order valence-corrected chi connectivity index (χ1v) is 6.95. The summed E-state index contributed by atoms with van der Waals surface area (Å²) in [6.07, 6.45) is 0.794. The van der Waals surface area contributed by atoms with Gasteiger partial charge in [0.05, 0.1) is 10.7 Å². The topological polar surface area (TPSA) is 32.9 Å². The van der Waals surface area contributed by atoms with Crippen LogP contribution in [-0.2, 0) is 0 Å². The maximum absolute atomic E-state index is 11.4. The first-order valence-electron chi connectivity index (χ1n) is 5.82. The van der Waals surface area contributed by atoms with Gasteiger partial charge in [-0.2, -0.15) is 0 Å². The highest BCUT2D eigenvalue weighted by Crippen LogP contribution is 2.35. The summed E-state index contributed by atoms with van der Waals surface area (Å²) in [5.41, 5.74) is 2.81. The second-order valence-electron chi connectivity index (χ2n) is 4.35. The Kier molecular flexibility index (Phi) is 3.47. The van der Waals surface area contributed by atoms with E-state index in [1.165, 1.54) is 0 Å². The predicted octanol–water partition coefficient (Wildman–Crippen LogP) is 5.61. The van der Waals surface area contributed by atoms with E-state index in [4.69, 9.17) is 34.8 Å². The maximum atomic E-state index is 11.4. The van der Waals surface area contributed by atoms with Gasteiger partial charge in [0, 0.05) is 26.5 Å². The van der Waals surface area contributed by atoms with E-state index in [2.05, 4.69) is 4.98 Å². The second-order valence-corrected chi connectivity index (χ2v) is 5.63. The number of aldehydes is 1. The smallest absolute Gasteiger partial charge is 0.152 e. The standard InChI is InChI=1S/C15H8Cl3NO/c16-9-3-1-8(2-4-9)15-11(7-20)14-12(18)5-10(17)6-13(14)19-15/h1-7,19H. The minimum atomic E-state index is 0.450. The number of benzene rings is 2. The molecule has 1 aromatic heterocycles. The molecule has 2 aromatic carbocycles. The van der Waals surface area contributed by atoms with Gasteiger partial charge in [0.2, 0.25) is 0 Å². The second kappa shape index (κ2) is 5.13. The third-order valence-corrected chi connectivity index (χ3v) is 3.87. The van der Waals surface area contributed by atoms with Gasteiger partial charge in [0.1, 0.15) is 0 Å².